The van der Waals surface area contributed by atoms with E-state index in [-0.39, 0.29) is 18.2 Å². The van der Waals surface area contributed by atoms with Crippen LogP contribution in [0.5, 0.6) is 0 Å². The SMILES string of the molecule is O=C(/C=N/OCC(=O)N1CCc2ccccc2C1)Nc1ccc(F)cc1F. The predicted molar refractivity (Wildman–Crippen MR) is 95.0 cm³/mol. The zero-order valence-electron chi connectivity index (χ0n) is 14.3. The van der Waals surface area contributed by atoms with E-state index in [2.05, 4.69) is 10.5 Å². The van der Waals surface area contributed by atoms with Crippen molar-refractivity contribution in [1.82, 2.24) is 4.90 Å². The van der Waals surface area contributed by atoms with Crippen LogP contribution >= 0.6 is 0 Å². The molecule has 140 valence electrons. The highest BCUT2D eigenvalue weighted by atomic mass is 19.1. The summed E-state index contributed by atoms with van der Waals surface area (Å²) in [6.45, 7) is 0.788. The molecule has 6 nitrogen and oxygen atoms in total. The fourth-order valence-electron chi connectivity index (χ4n) is 2.73. The van der Waals surface area contributed by atoms with Crippen LogP contribution in [0.15, 0.2) is 47.6 Å². The van der Waals surface area contributed by atoms with Crippen LogP contribution < -0.4 is 5.32 Å². The van der Waals surface area contributed by atoms with Gasteiger partial charge >= 0.3 is 0 Å². The Hall–Kier alpha value is -3.29. The van der Waals surface area contributed by atoms with Crippen molar-refractivity contribution in [2.24, 2.45) is 5.16 Å². The number of hydrogen-bond donors (Lipinski definition) is 1. The molecule has 0 radical (unpaired) electrons. The lowest BCUT2D eigenvalue weighted by Crippen LogP contribution is -2.37. The van der Waals surface area contributed by atoms with Crippen molar-refractivity contribution in [2.45, 2.75) is 13.0 Å². The molecule has 0 unspecified atom stereocenters. The first-order valence-electron chi connectivity index (χ1n) is 8.29. The Labute approximate surface area is 154 Å². The van der Waals surface area contributed by atoms with Crippen LogP contribution in [-0.4, -0.2) is 36.1 Å². The highest BCUT2D eigenvalue weighted by Crippen LogP contribution is 2.18. The lowest BCUT2D eigenvalue weighted by atomic mass is 10.00. The van der Waals surface area contributed by atoms with Crippen LogP contribution in [0.3, 0.4) is 0 Å². The lowest BCUT2D eigenvalue weighted by molar-refractivity contribution is -0.137. The fraction of sp³-hybridized carbons (Fsp3) is 0.211. The molecule has 1 aliphatic heterocycles. The molecule has 27 heavy (non-hydrogen) atoms. The molecule has 0 saturated carbocycles. The van der Waals surface area contributed by atoms with Crippen LogP contribution in [0.2, 0.25) is 0 Å². The van der Waals surface area contributed by atoms with Gasteiger partial charge in [-0.2, -0.15) is 0 Å². The van der Waals surface area contributed by atoms with Gasteiger partial charge in [-0.3, -0.25) is 9.59 Å². The van der Waals surface area contributed by atoms with Crippen molar-refractivity contribution >= 4 is 23.7 Å². The molecule has 0 fully saturated rings. The summed E-state index contributed by atoms with van der Waals surface area (Å²) in [5.41, 5.74) is 2.14. The molecule has 3 rings (SSSR count). The Kier molecular flexibility index (Phi) is 5.75. The molecule has 0 spiro atoms. The normalized spacial score (nSPS) is 13.3. The maximum Gasteiger partial charge on any atom is 0.270 e. The van der Waals surface area contributed by atoms with E-state index in [1.54, 1.807) is 4.90 Å². The molecule has 1 N–H and O–H groups in total. The monoisotopic (exact) mass is 373 g/mol. The number of fused-ring (bicyclic) bond motifs is 1. The number of rotatable bonds is 5. The highest BCUT2D eigenvalue weighted by molar-refractivity contribution is 6.31. The summed E-state index contributed by atoms with van der Waals surface area (Å²) in [7, 11) is 0. The number of halogens is 2. The Morgan fingerprint density at radius 2 is 1.96 bits per heavy atom. The van der Waals surface area contributed by atoms with Gasteiger partial charge < -0.3 is 15.1 Å². The van der Waals surface area contributed by atoms with Gasteiger partial charge in [-0.05, 0) is 29.7 Å². The highest BCUT2D eigenvalue weighted by Gasteiger charge is 2.20. The number of amides is 2. The number of oxime groups is 1. The number of nitrogens with zero attached hydrogens (tertiary/aromatic N) is 2. The van der Waals surface area contributed by atoms with E-state index in [0.29, 0.717) is 19.2 Å². The van der Waals surface area contributed by atoms with Crippen molar-refractivity contribution in [2.75, 3.05) is 18.5 Å². The third-order valence-corrected chi connectivity index (χ3v) is 4.10. The topological polar surface area (TPSA) is 71.0 Å². The summed E-state index contributed by atoms with van der Waals surface area (Å²) >= 11 is 0. The van der Waals surface area contributed by atoms with Crippen molar-refractivity contribution in [1.29, 1.82) is 0 Å². The molecular formula is C19H17F2N3O3. The molecule has 8 heteroatoms. The standard InChI is InChI=1S/C19H17F2N3O3/c20-15-5-6-17(16(21)9-15)23-18(25)10-22-27-12-19(26)24-8-7-13-3-1-2-4-14(13)11-24/h1-6,9-10H,7-8,11-12H2,(H,23,25)/b22-10+. The minimum Gasteiger partial charge on any atom is -0.386 e. The minimum absolute atomic E-state index is 0.184. The van der Waals surface area contributed by atoms with Crippen LogP contribution in [0, 0.1) is 11.6 Å². The molecule has 2 aromatic carbocycles. The lowest BCUT2D eigenvalue weighted by Gasteiger charge is -2.28. The van der Waals surface area contributed by atoms with Gasteiger partial charge in [0.25, 0.3) is 11.8 Å². The third kappa shape index (κ3) is 4.87. The van der Waals surface area contributed by atoms with E-state index in [1.165, 1.54) is 5.56 Å². The van der Waals surface area contributed by atoms with Crippen LogP contribution in [0.1, 0.15) is 11.1 Å². The second kappa shape index (κ2) is 8.39. The van der Waals surface area contributed by atoms with Gasteiger partial charge in [-0.25, -0.2) is 8.78 Å². The second-order valence-electron chi connectivity index (χ2n) is 5.96. The van der Waals surface area contributed by atoms with Crippen molar-refractivity contribution in [3.05, 3.63) is 65.2 Å². The Balaban J connectivity index is 1.45. The van der Waals surface area contributed by atoms with Gasteiger partial charge in [0.05, 0.1) is 5.69 Å². The molecule has 0 saturated heterocycles. The van der Waals surface area contributed by atoms with Gasteiger partial charge in [-0.15, -0.1) is 0 Å². The molecule has 0 atom stereocenters. The first-order chi connectivity index (χ1) is 13.0. The minimum atomic E-state index is -0.904. The number of carbonyl (C=O) groups excluding carboxylic acids is 2. The van der Waals surface area contributed by atoms with Gasteiger partial charge in [0.1, 0.15) is 17.8 Å². The van der Waals surface area contributed by atoms with Crippen LogP contribution in [0.25, 0.3) is 0 Å². The summed E-state index contributed by atoms with van der Waals surface area (Å²) in [5.74, 6) is -2.66. The Morgan fingerprint density at radius 3 is 2.74 bits per heavy atom. The Morgan fingerprint density at radius 1 is 1.19 bits per heavy atom. The molecule has 0 bridgehead atoms. The van der Waals surface area contributed by atoms with E-state index in [1.807, 2.05) is 24.3 Å². The number of hydrogen-bond acceptors (Lipinski definition) is 4. The number of benzene rings is 2. The average molecular weight is 373 g/mol. The predicted octanol–water partition coefficient (Wildman–Crippen LogP) is 2.49. The average Bonchev–Trinajstić information content (AvgIpc) is 2.67. The zero-order valence-corrected chi connectivity index (χ0v) is 14.3. The summed E-state index contributed by atoms with van der Waals surface area (Å²) in [6, 6.07) is 10.7. The summed E-state index contributed by atoms with van der Waals surface area (Å²) in [6.07, 6.45) is 1.55. The van der Waals surface area contributed by atoms with Crippen LogP contribution in [0.4, 0.5) is 14.5 Å². The van der Waals surface area contributed by atoms with Crippen molar-refractivity contribution in [3.8, 4) is 0 Å². The second-order valence-corrected chi connectivity index (χ2v) is 5.96. The van der Waals surface area contributed by atoms with Gasteiger partial charge in [0.15, 0.2) is 6.61 Å². The smallest absolute Gasteiger partial charge is 0.270 e. The number of carbonyl (C=O) groups is 2. The third-order valence-electron chi connectivity index (χ3n) is 4.10. The first-order valence-corrected chi connectivity index (χ1v) is 8.29. The van der Waals surface area contributed by atoms with E-state index >= 15 is 0 Å². The summed E-state index contributed by atoms with van der Waals surface area (Å²) < 4.78 is 26.2. The van der Waals surface area contributed by atoms with Crippen molar-refractivity contribution in [3.63, 3.8) is 0 Å². The molecule has 1 heterocycles. The molecule has 0 aliphatic carbocycles. The summed E-state index contributed by atoms with van der Waals surface area (Å²) in [5, 5.41) is 5.61. The van der Waals surface area contributed by atoms with E-state index in [0.717, 1.165) is 30.3 Å². The Bertz CT molecular complexity index is 886. The molecular weight excluding hydrogens is 356 g/mol. The van der Waals surface area contributed by atoms with Crippen LogP contribution in [-0.2, 0) is 27.4 Å². The molecule has 0 aromatic heterocycles. The largest absolute Gasteiger partial charge is 0.386 e. The van der Waals surface area contributed by atoms with Gasteiger partial charge in [0.2, 0.25) is 0 Å². The zero-order chi connectivity index (χ0) is 19.2. The number of nitrogens with one attached hydrogen (secondary N) is 1. The molecule has 2 amide bonds. The van der Waals surface area contributed by atoms with E-state index in [9.17, 15) is 18.4 Å². The van der Waals surface area contributed by atoms with Crippen molar-refractivity contribution < 1.29 is 23.2 Å². The maximum absolute atomic E-state index is 13.4. The molecule has 2 aromatic rings. The maximum atomic E-state index is 13.4. The van der Waals surface area contributed by atoms with E-state index in [4.69, 9.17) is 4.84 Å². The summed E-state index contributed by atoms with van der Waals surface area (Å²) in [4.78, 5) is 30.3. The van der Waals surface area contributed by atoms with Gasteiger partial charge in [0, 0.05) is 19.2 Å². The first kappa shape index (κ1) is 18.5. The van der Waals surface area contributed by atoms with E-state index < -0.39 is 17.5 Å². The number of anilines is 1. The molecule has 1 aliphatic rings. The quantitative estimate of drug-likeness (QED) is 0.647. The fourth-order valence-corrected chi connectivity index (χ4v) is 2.73. The van der Waals surface area contributed by atoms with Gasteiger partial charge in [-0.1, -0.05) is 29.4 Å².